The predicted octanol–water partition coefficient (Wildman–Crippen LogP) is 5.18. The normalized spacial score (nSPS) is 12.0. The lowest BCUT2D eigenvalue weighted by Crippen LogP contribution is -2.52. The smallest absolute Gasteiger partial charge is 0.264 e. The van der Waals surface area contributed by atoms with Crippen LogP contribution in [-0.2, 0) is 26.2 Å². The van der Waals surface area contributed by atoms with Gasteiger partial charge in [0.25, 0.3) is 10.0 Å². The Balaban J connectivity index is 2.03. The van der Waals surface area contributed by atoms with Crippen molar-refractivity contribution < 1.29 is 18.0 Å². The monoisotopic (exact) mass is 555 g/mol. The number of carbonyl (C=O) groups excluding carboxylic acids is 2. The Bertz CT molecular complexity index is 1330. The molecule has 2 amide bonds. The van der Waals surface area contributed by atoms with Gasteiger partial charge < -0.3 is 10.2 Å². The van der Waals surface area contributed by atoms with Crippen LogP contribution >= 0.6 is 11.6 Å². The Labute approximate surface area is 230 Å². The molecule has 202 valence electrons. The van der Waals surface area contributed by atoms with Crippen LogP contribution in [0.2, 0.25) is 5.02 Å². The maximum absolute atomic E-state index is 14.0. The summed E-state index contributed by atoms with van der Waals surface area (Å²) in [5.74, 6) is -0.751. The number of nitrogens with one attached hydrogen (secondary N) is 1. The molecule has 0 saturated heterocycles. The number of hydrogen-bond acceptors (Lipinski definition) is 4. The van der Waals surface area contributed by atoms with Crippen LogP contribution in [0.25, 0.3) is 0 Å². The minimum atomic E-state index is -4.10. The van der Waals surface area contributed by atoms with Crippen LogP contribution in [0.5, 0.6) is 0 Å². The largest absolute Gasteiger partial charge is 0.354 e. The third kappa shape index (κ3) is 7.36. The Hall–Kier alpha value is -3.36. The summed E-state index contributed by atoms with van der Waals surface area (Å²) in [4.78, 5) is 28.6. The van der Waals surface area contributed by atoms with Gasteiger partial charge in [-0.15, -0.1) is 0 Å². The Kier molecular flexibility index (Phi) is 10.3. The van der Waals surface area contributed by atoms with Crippen molar-refractivity contribution in [2.24, 2.45) is 0 Å². The van der Waals surface area contributed by atoms with E-state index in [1.807, 2.05) is 45.0 Å². The lowest BCUT2D eigenvalue weighted by atomic mass is 10.1. The minimum absolute atomic E-state index is 0.0562. The molecule has 0 saturated carbocycles. The molecule has 0 heterocycles. The van der Waals surface area contributed by atoms with Crippen molar-refractivity contribution in [2.45, 2.75) is 51.1 Å². The van der Waals surface area contributed by atoms with Gasteiger partial charge in [0.05, 0.1) is 10.6 Å². The van der Waals surface area contributed by atoms with Crippen LogP contribution in [0.15, 0.2) is 83.8 Å². The molecule has 1 N–H and O–H groups in total. The van der Waals surface area contributed by atoms with Gasteiger partial charge in [-0.25, -0.2) is 8.42 Å². The summed E-state index contributed by atoms with van der Waals surface area (Å²) in [7, 11) is -4.10. The minimum Gasteiger partial charge on any atom is -0.354 e. The third-order valence-corrected chi connectivity index (χ3v) is 8.14. The molecule has 0 unspecified atom stereocenters. The molecule has 0 aliphatic heterocycles. The lowest BCUT2D eigenvalue weighted by Gasteiger charge is -2.33. The van der Waals surface area contributed by atoms with Crippen LogP contribution in [0.1, 0.15) is 37.8 Å². The fourth-order valence-electron chi connectivity index (χ4n) is 4.15. The standard InChI is InChI=1S/C29H34ClN3O4S/c1-4-18-31-29(35)27(5-2)32(20-23-11-9-10-22(3)19-23)28(34)21-33(25-16-14-24(30)15-17-25)38(36,37)26-12-7-6-8-13-26/h6-17,19,27H,4-5,18,20-21H2,1-3H3,(H,31,35)/t27-/m1/s1. The van der Waals surface area contributed by atoms with E-state index in [1.165, 1.54) is 17.0 Å². The Morgan fingerprint density at radius 3 is 2.24 bits per heavy atom. The summed E-state index contributed by atoms with van der Waals surface area (Å²) in [6, 6.07) is 21.2. The summed E-state index contributed by atoms with van der Waals surface area (Å²) < 4.78 is 28.5. The van der Waals surface area contributed by atoms with E-state index in [4.69, 9.17) is 11.6 Å². The van der Waals surface area contributed by atoms with Crippen LogP contribution in [-0.4, -0.2) is 44.3 Å². The van der Waals surface area contributed by atoms with Crippen LogP contribution in [0.3, 0.4) is 0 Å². The van der Waals surface area contributed by atoms with Crippen molar-refractivity contribution >= 4 is 39.1 Å². The van der Waals surface area contributed by atoms with E-state index >= 15 is 0 Å². The quantitative estimate of drug-likeness (QED) is 0.334. The molecule has 3 aromatic carbocycles. The number of nitrogens with zero attached hydrogens (tertiary/aromatic N) is 2. The molecule has 0 aromatic heterocycles. The number of benzene rings is 3. The number of halogens is 1. The number of hydrogen-bond donors (Lipinski definition) is 1. The number of carbonyl (C=O) groups is 2. The molecule has 7 nitrogen and oxygen atoms in total. The van der Waals surface area contributed by atoms with E-state index in [0.29, 0.717) is 23.7 Å². The van der Waals surface area contributed by atoms with E-state index < -0.39 is 28.5 Å². The highest BCUT2D eigenvalue weighted by molar-refractivity contribution is 7.92. The molecular formula is C29H34ClN3O4S. The number of aryl methyl sites for hydroxylation is 1. The van der Waals surface area contributed by atoms with Crippen molar-refractivity contribution in [1.29, 1.82) is 0 Å². The van der Waals surface area contributed by atoms with E-state index in [0.717, 1.165) is 21.9 Å². The Morgan fingerprint density at radius 1 is 0.947 bits per heavy atom. The van der Waals surface area contributed by atoms with Crippen LogP contribution in [0, 0.1) is 6.92 Å². The van der Waals surface area contributed by atoms with Crippen molar-refractivity contribution in [2.75, 3.05) is 17.4 Å². The van der Waals surface area contributed by atoms with Gasteiger partial charge in [-0.3, -0.25) is 13.9 Å². The van der Waals surface area contributed by atoms with E-state index in [-0.39, 0.29) is 17.3 Å². The first-order valence-electron chi connectivity index (χ1n) is 12.6. The van der Waals surface area contributed by atoms with Gasteiger partial charge in [0.2, 0.25) is 11.8 Å². The maximum Gasteiger partial charge on any atom is 0.264 e. The zero-order chi connectivity index (χ0) is 27.7. The van der Waals surface area contributed by atoms with Gasteiger partial charge >= 0.3 is 0 Å². The highest BCUT2D eigenvalue weighted by atomic mass is 35.5. The molecule has 0 aliphatic rings. The van der Waals surface area contributed by atoms with Gasteiger partial charge in [0, 0.05) is 18.1 Å². The first kappa shape index (κ1) is 29.2. The van der Waals surface area contributed by atoms with Crippen molar-refractivity contribution in [3.8, 4) is 0 Å². The molecule has 1 atom stereocenters. The predicted molar refractivity (Wildman–Crippen MR) is 152 cm³/mol. The first-order valence-corrected chi connectivity index (χ1v) is 14.4. The highest BCUT2D eigenvalue weighted by Crippen LogP contribution is 2.26. The average molecular weight is 556 g/mol. The van der Waals surface area contributed by atoms with Crippen LogP contribution in [0.4, 0.5) is 5.69 Å². The topological polar surface area (TPSA) is 86.8 Å². The average Bonchev–Trinajstić information content (AvgIpc) is 2.91. The molecular weight excluding hydrogens is 522 g/mol. The molecule has 3 aromatic rings. The fourth-order valence-corrected chi connectivity index (χ4v) is 5.71. The van der Waals surface area contributed by atoms with Crippen molar-refractivity contribution in [3.63, 3.8) is 0 Å². The van der Waals surface area contributed by atoms with Gasteiger partial charge in [-0.2, -0.15) is 0 Å². The van der Waals surface area contributed by atoms with Crippen LogP contribution < -0.4 is 9.62 Å². The summed E-state index contributed by atoms with van der Waals surface area (Å²) in [6.07, 6.45) is 1.13. The molecule has 0 spiro atoms. The van der Waals surface area contributed by atoms with Gasteiger partial charge in [-0.1, -0.05) is 73.5 Å². The van der Waals surface area contributed by atoms with E-state index in [9.17, 15) is 18.0 Å². The second-order valence-corrected chi connectivity index (χ2v) is 11.3. The maximum atomic E-state index is 14.0. The van der Waals surface area contributed by atoms with E-state index in [1.54, 1.807) is 42.5 Å². The number of sulfonamides is 1. The molecule has 0 aliphatic carbocycles. The van der Waals surface area contributed by atoms with Gasteiger partial charge in [0.1, 0.15) is 12.6 Å². The molecule has 0 fully saturated rings. The fraction of sp³-hybridized carbons (Fsp3) is 0.310. The molecule has 9 heteroatoms. The number of amides is 2. The molecule has 3 rings (SSSR count). The second-order valence-electron chi connectivity index (χ2n) is 9.03. The summed E-state index contributed by atoms with van der Waals surface area (Å²) >= 11 is 6.06. The van der Waals surface area contributed by atoms with Gasteiger partial charge in [0.15, 0.2) is 0 Å². The summed E-state index contributed by atoms with van der Waals surface area (Å²) in [5, 5.41) is 3.33. The molecule has 0 radical (unpaired) electrons. The van der Waals surface area contributed by atoms with Gasteiger partial charge in [-0.05, 0) is 61.7 Å². The lowest BCUT2D eigenvalue weighted by molar-refractivity contribution is -0.140. The van der Waals surface area contributed by atoms with E-state index in [2.05, 4.69) is 5.32 Å². The number of rotatable bonds is 12. The third-order valence-electron chi connectivity index (χ3n) is 6.10. The zero-order valence-corrected chi connectivity index (χ0v) is 23.5. The number of anilines is 1. The SMILES string of the molecule is CCCNC(=O)[C@@H](CC)N(Cc1cccc(C)c1)C(=O)CN(c1ccc(Cl)cc1)S(=O)(=O)c1ccccc1. The highest BCUT2D eigenvalue weighted by Gasteiger charge is 2.33. The Morgan fingerprint density at radius 2 is 1.63 bits per heavy atom. The summed E-state index contributed by atoms with van der Waals surface area (Å²) in [5.41, 5.74) is 2.17. The zero-order valence-electron chi connectivity index (χ0n) is 21.9. The molecule has 38 heavy (non-hydrogen) atoms. The second kappa shape index (κ2) is 13.4. The first-order chi connectivity index (χ1) is 18.2. The van der Waals surface area contributed by atoms with Crippen molar-refractivity contribution in [1.82, 2.24) is 10.2 Å². The molecule has 0 bridgehead atoms. The summed E-state index contributed by atoms with van der Waals surface area (Å²) in [6.45, 7) is 5.91. The van der Waals surface area contributed by atoms with Crippen molar-refractivity contribution in [3.05, 3.63) is 95.0 Å².